The molecular formula is C19H25N5O2. The third-order valence-electron chi connectivity index (χ3n) is 5.35. The lowest BCUT2D eigenvalue weighted by molar-refractivity contribution is 0.135. The number of hydrogen-bond acceptors (Lipinski definition) is 5. The molecule has 1 saturated carbocycles. The predicted octanol–water partition coefficient (Wildman–Crippen LogP) is 2.99. The van der Waals surface area contributed by atoms with E-state index in [0.29, 0.717) is 30.6 Å². The summed E-state index contributed by atoms with van der Waals surface area (Å²) in [6.45, 7) is 4.01. The molecule has 0 spiro atoms. The fourth-order valence-electron chi connectivity index (χ4n) is 3.92. The highest BCUT2D eigenvalue weighted by Crippen LogP contribution is 2.45. The zero-order chi connectivity index (χ0) is 18.0. The van der Waals surface area contributed by atoms with Gasteiger partial charge in [0.2, 0.25) is 0 Å². The summed E-state index contributed by atoms with van der Waals surface area (Å²) < 4.78 is 5.53. The van der Waals surface area contributed by atoms with E-state index >= 15 is 0 Å². The Morgan fingerprint density at radius 3 is 3.04 bits per heavy atom. The number of likely N-dealkylation sites (tertiary alicyclic amines) is 1. The molecule has 2 aromatic heterocycles. The number of carbonyl (C=O) groups excluding carboxylic acids is 1. The zero-order valence-corrected chi connectivity index (χ0v) is 15.1. The van der Waals surface area contributed by atoms with Crippen LogP contribution in [0.5, 0.6) is 0 Å². The number of nitrogens with one attached hydrogen (secondary N) is 1. The number of hydrogen-bond donors (Lipinski definition) is 1. The molecule has 138 valence electrons. The van der Waals surface area contributed by atoms with Gasteiger partial charge in [0.05, 0.1) is 5.41 Å². The third kappa shape index (κ3) is 3.43. The van der Waals surface area contributed by atoms with Gasteiger partial charge in [-0.15, -0.1) is 0 Å². The average Bonchev–Trinajstić information content (AvgIpc) is 3.33. The van der Waals surface area contributed by atoms with Crippen molar-refractivity contribution in [1.82, 2.24) is 25.3 Å². The van der Waals surface area contributed by atoms with Crippen LogP contribution in [-0.4, -0.2) is 45.7 Å². The van der Waals surface area contributed by atoms with Crippen molar-refractivity contribution in [3.63, 3.8) is 0 Å². The van der Waals surface area contributed by atoms with Crippen molar-refractivity contribution >= 4 is 6.03 Å². The molecule has 2 amide bonds. The number of amides is 2. The van der Waals surface area contributed by atoms with Crippen LogP contribution < -0.4 is 5.32 Å². The molecule has 0 bridgehead atoms. The number of nitrogens with zero attached hydrogens (tertiary/aromatic N) is 4. The Labute approximate surface area is 153 Å². The molecule has 1 atom stereocenters. The minimum absolute atomic E-state index is 0.000756. The van der Waals surface area contributed by atoms with Crippen LogP contribution in [0.15, 0.2) is 28.9 Å². The van der Waals surface area contributed by atoms with E-state index in [1.165, 1.54) is 12.8 Å². The van der Waals surface area contributed by atoms with Gasteiger partial charge in [0, 0.05) is 25.8 Å². The van der Waals surface area contributed by atoms with Crippen LogP contribution in [-0.2, 0) is 5.41 Å². The molecule has 1 aliphatic heterocycles. The molecule has 0 radical (unpaired) electrons. The molecule has 26 heavy (non-hydrogen) atoms. The fraction of sp³-hybridized carbons (Fsp3) is 0.579. The van der Waals surface area contributed by atoms with E-state index in [1.54, 1.807) is 6.20 Å². The average molecular weight is 355 g/mol. The number of urea groups is 1. The van der Waals surface area contributed by atoms with E-state index in [4.69, 9.17) is 9.51 Å². The maximum atomic E-state index is 12.4. The smallest absolute Gasteiger partial charge is 0.317 e. The van der Waals surface area contributed by atoms with Gasteiger partial charge >= 0.3 is 6.03 Å². The van der Waals surface area contributed by atoms with Gasteiger partial charge in [-0.3, -0.25) is 4.98 Å². The summed E-state index contributed by atoms with van der Waals surface area (Å²) in [6.07, 6.45) is 7.19. The lowest BCUT2D eigenvalue weighted by Crippen LogP contribution is -2.52. The predicted molar refractivity (Wildman–Crippen MR) is 96.4 cm³/mol. The first-order chi connectivity index (χ1) is 12.7. The molecule has 3 heterocycles. The Morgan fingerprint density at radius 1 is 1.42 bits per heavy atom. The minimum atomic E-state index is -0.221. The molecule has 1 aliphatic carbocycles. The van der Waals surface area contributed by atoms with Crippen molar-refractivity contribution in [2.45, 2.75) is 44.4 Å². The van der Waals surface area contributed by atoms with E-state index in [1.807, 2.05) is 30.0 Å². The minimum Gasteiger partial charge on any atom is -0.338 e. The first-order valence-corrected chi connectivity index (χ1v) is 9.48. The Bertz CT molecular complexity index is 758. The molecule has 1 unspecified atom stereocenters. The molecule has 1 N–H and O–H groups in total. The topological polar surface area (TPSA) is 84.2 Å². The van der Waals surface area contributed by atoms with E-state index in [9.17, 15) is 4.79 Å². The summed E-state index contributed by atoms with van der Waals surface area (Å²) in [5.41, 5.74) is 0.463. The number of carbonyl (C=O) groups is 1. The van der Waals surface area contributed by atoms with Crippen LogP contribution in [0.1, 0.15) is 44.9 Å². The van der Waals surface area contributed by atoms with Gasteiger partial charge in [-0.1, -0.05) is 24.1 Å². The maximum Gasteiger partial charge on any atom is 0.317 e. The van der Waals surface area contributed by atoms with Crippen molar-refractivity contribution in [3.05, 3.63) is 30.2 Å². The van der Waals surface area contributed by atoms with Crippen LogP contribution in [0.25, 0.3) is 11.6 Å². The number of piperidine rings is 1. The normalized spacial score (nSPS) is 23.0. The van der Waals surface area contributed by atoms with Crippen molar-refractivity contribution in [1.29, 1.82) is 0 Å². The highest BCUT2D eigenvalue weighted by Gasteiger charge is 2.45. The molecule has 2 aromatic rings. The van der Waals surface area contributed by atoms with E-state index in [0.717, 1.165) is 31.6 Å². The van der Waals surface area contributed by atoms with Gasteiger partial charge in [0.1, 0.15) is 5.69 Å². The van der Waals surface area contributed by atoms with Gasteiger partial charge < -0.3 is 14.7 Å². The van der Waals surface area contributed by atoms with Crippen molar-refractivity contribution in [2.24, 2.45) is 5.92 Å². The van der Waals surface area contributed by atoms with Crippen molar-refractivity contribution < 1.29 is 9.32 Å². The summed E-state index contributed by atoms with van der Waals surface area (Å²) in [7, 11) is 0. The first-order valence-electron chi connectivity index (χ1n) is 9.48. The monoisotopic (exact) mass is 355 g/mol. The second-order valence-corrected chi connectivity index (χ2v) is 7.43. The van der Waals surface area contributed by atoms with E-state index in [2.05, 4.69) is 15.5 Å². The van der Waals surface area contributed by atoms with Gasteiger partial charge in [-0.05, 0) is 44.2 Å². The quantitative estimate of drug-likeness (QED) is 0.891. The zero-order valence-electron chi connectivity index (χ0n) is 15.1. The molecular weight excluding hydrogens is 330 g/mol. The van der Waals surface area contributed by atoms with Crippen LogP contribution >= 0.6 is 0 Å². The van der Waals surface area contributed by atoms with E-state index in [-0.39, 0.29) is 11.4 Å². The Kier molecular flexibility index (Phi) is 4.61. The molecule has 7 nitrogen and oxygen atoms in total. The molecule has 0 aromatic carbocycles. The van der Waals surface area contributed by atoms with Gasteiger partial charge in [0.25, 0.3) is 5.89 Å². The first kappa shape index (κ1) is 17.0. The van der Waals surface area contributed by atoms with Gasteiger partial charge in [0.15, 0.2) is 5.82 Å². The molecule has 1 saturated heterocycles. The summed E-state index contributed by atoms with van der Waals surface area (Å²) in [6, 6.07) is 5.64. The second-order valence-electron chi connectivity index (χ2n) is 7.43. The summed E-state index contributed by atoms with van der Waals surface area (Å²) in [5.74, 6) is 1.88. The van der Waals surface area contributed by atoms with Crippen molar-refractivity contribution in [3.8, 4) is 11.6 Å². The summed E-state index contributed by atoms with van der Waals surface area (Å²) >= 11 is 0. The van der Waals surface area contributed by atoms with Crippen LogP contribution in [0.4, 0.5) is 4.79 Å². The molecule has 4 rings (SSSR count). The largest absolute Gasteiger partial charge is 0.338 e. The Morgan fingerprint density at radius 2 is 2.31 bits per heavy atom. The summed E-state index contributed by atoms with van der Waals surface area (Å²) in [5, 5.41) is 7.24. The highest BCUT2D eigenvalue weighted by molar-refractivity contribution is 5.74. The Balaban J connectivity index is 1.62. The fourth-order valence-corrected chi connectivity index (χ4v) is 3.92. The lowest BCUT2D eigenvalue weighted by Gasteiger charge is -2.41. The van der Waals surface area contributed by atoms with Crippen LogP contribution in [0, 0.1) is 5.92 Å². The lowest BCUT2D eigenvalue weighted by atomic mass is 9.75. The van der Waals surface area contributed by atoms with Gasteiger partial charge in [-0.2, -0.15) is 4.98 Å². The SMILES string of the molecule is CCNC(=O)N1CCCC(CC2CC2)(c2noc(-c3ccccn3)n2)C1. The molecule has 2 aliphatic rings. The maximum absolute atomic E-state index is 12.4. The number of rotatable bonds is 5. The molecule has 7 heteroatoms. The van der Waals surface area contributed by atoms with Crippen LogP contribution in [0.2, 0.25) is 0 Å². The third-order valence-corrected chi connectivity index (χ3v) is 5.35. The summed E-state index contributed by atoms with van der Waals surface area (Å²) in [4.78, 5) is 23.3. The number of aromatic nitrogens is 3. The highest BCUT2D eigenvalue weighted by atomic mass is 16.5. The van der Waals surface area contributed by atoms with Crippen LogP contribution in [0.3, 0.4) is 0 Å². The number of pyridine rings is 1. The Hall–Kier alpha value is -2.44. The molecule has 2 fully saturated rings. The second kappa shape index (κ2) is 7.05. The van der Waals surface area contributed by atoms with Gasteiger partial charge in [-0.25, -0.2) is 4.79 Å². The van der Waals surface area contributed by atoms with Crippen molar-refractivity contribution in [2.75, 3.05) is 19.6 Å². The standard InChI is InChI=1S/C19H25N5O2/c1-2-20-18(25)24-11-5-9-19(13-24,12-14-7-8-14)17-22-16(26-23-17)15-6-3-4-10-21-15/h3-4,6,10,14H,2,5,7-9,11-13H2,1H3,(H,20,25). The van der Waals surface area contributed by atoms with E-state index < -0.39 is 0 Å².